The maximum atomic E-state index is 8.62. The largest absolute Gasteiger partial charge is 0.244 e. The van der Waals surface area contributed by atoms with Crippen LogP contribution < -0.4 is 0 Å². The van der Waals surface area contributed by atoms with Crippen LogP contribution in [0.5, 0.6) is 0 Å². The molecule has 0 unspecified atom stereocenters. The van der Waals surface area contributed by atoms with Crippen molar-refractivity contribution in [2.24, 2.45) is 0 Å². The Morgan fingerprint density at radius 2 is 2.00 bits per heavy atom. The third-order valence-electron chi connectivity index (χ3n) is 1.45. The highest BCUT2D eigenvalue weighted by molar-refractivity contribution is 5.42. The molecule has 0 aliphatic heterocycles. The Balaban J connectivity index is 3.19. The van der Waals surface area contributed by atoms with E-state index in [4.69, 9.17) is 15.8 Å². The summed E-state index contributed by atoms with van der Waals surface area (Å²) in [6.45, 7) is 0. The second kappa shape index (κ2) is 3.85. The second-order valence-electron chi connectivity index (χ2n) is 2.30. The molecule has 1 heterocycles. The van der Waals surface area contributed by atoms with Gasteiger partial charge in [0, 0.05) is 6.20 Å². The highest BCUT2D eigenvalue weighted by Crippen LogP contribution is 2.06. The molecule has 1 aromatic heterocycles. The first-order valence-electron chi connectivity index (χ1n) is 3.48. The lowest BCUT2D eigenvalue weighted by molar-refractivity contribution is 1.15. The van der Waals surface area contributed by atoms with E-state index in [1.807, 2.05) is 12.1 Å². The highest BCUT2D eigenvalue weighted by Gasteiger charge is 2.03. The van der Waals surface area contributed by atoms with Crippen molar-refractivity contribution in [1.29, 1.82) is 15.8 Å². The molecule has 0 spiro atoms. The van der Waals surface area contributed by atoms with Gasteiger partial charge < -0.3 is 0 Å². The first kappa shape index (κ1) is 8.71. The van der Waals surface area contributed by atoms with E-state index in [1.165, 1.54) is 12.3 Å². The Morgan fingerprint density at radius 3 is 2.54 bits per heavy atom. The van der Waals surface area contributed by atoms with Crippen molar-refractivity contribution in [2.45, 2.75) is 6.42 Å². The average molecular weight is 168 g/mol. The summed E-state index contributed by atoms with van der Waals surface area (Å²) in [5.74, 6) is 0. The number of hydrogen-bond donors (Lipinski definition) is 0. The van der Waals surface area contributed by atoms with Gasteiger partial charge in [-0.1, -0.05) is 0 Å². The van der Waals surface area contributed by atoms with Crippen LogP contribution in [0.4, 0.5) is 0 Å². The van der Waals surface area contributed by atoms with Gasteiger partial charge in [-0.3, -0.25) is 0 Å². The van der Waals surface area contributed by atoms with Crippen molar-refractivity contribution in [2.75, 3.05) is 0 Å². The topological polar surface area (TPSA) is 84.3 Å². The summed E-state index contributed by atoms with van der Waals surface area (Å²) in [5.41, 5.74) is 0.970. The van der Waals surface area contributed by atoms with Gasteiger partial charge in [0.2, 0.25) is 0 Å². The van der Waals surface area contributed by atoms with Gasteiger partial charge in [-0.05, 0) is 11.6 Å². The van der Waals surface area contributed by atoms with E-state index >= 15 is 0 Å². The molecule has 1 aromatic rings. The van der Waals surface area contributed by atoms with Crippen LogP contribution in [0.3, 0.4) is 0 Å². The van der Waals surface area contributed by atoms with E-state index in [2.05, 4.69) is 4.98 Å². The van der Waals surface area contributed by atoms with Crippen LogP contribution in [0.15, 0.2) is 12.3 Å². The highest BCUT2D eigenvalue weighted by atomic mass is 14.7. The number of hydrogen-bond acceptors (Lipinski definition) is 4. The fourth-order valence-electron chi connectivity index (χ4n) is 0.870. The Kier molecular flexibility index (Phi) is 2.58. The van der Waals surface area contributed by atoms with Crippen LogP contribution in [-0.4, -0.2) is 4.98 Å². The first-order chi connectivity index (χ1) is 6.31. The van der Waals surface area contributed by atoms with E-state index < -0.39 is 0 Å². The van der Waals surface area contributed by atoms with Gasteiger partial charge in [-0.15, -0.1) is 0 Å². The molecule has 0 N–H and O–H groups in total. The zero-order valence-electron chi connectivity index (χ0n) is 6.65. The van der Waals surface area contributed by atoms with Gasteiger partial charge in [0.15, 0.2) is 5.69 Å². The zero-order valence-corrected chi connectivity index (χ0v) is 6.65. The fourth-order valence-corrected chi connectivity index (χ4v) is 0.870. The number of rotatable bonds is 1. The third-order valence-corrected chi connectivity index (χ3v) is 1.45. The van der Waals surface area contributed by atoms with Crippen LogP contribution in [-0.2, 0) is 6.42 Å². The summed E-state index contributed by atoms with van der Waals surface area (Å²) >= 11 is 0. The summed E-state index contributed by atoms with van der Waals surface area (Å²) in [4.78, 5) is 3.75. The number of aromatic nitrogens is 1. The summed E-state index contributed by atoms with van der Waals surface area (Å²) < 4.78 is 0. The standard InChI is InChI=1S/C9H4N4/c10-2-1-7-3-8(4-11)9(5-12)13-6-7/h3,6H,1H2. The van der Waals surface area contributed by atoms with Crippen LogP contribution in [0.25, 0.3) is 0 Å². The van der Waals surface area contributed by atoms with Crippen molar-refractivity contribution >= 4 is 0 Å². The SMILES string of the molecule is N#CCc1cnc(C#N)c(C#N)c1. The van der Waals surface area contributed by atoms with Crippen LogP contribution in [0.2, 0.25) is 0 Å². The molecule has 0 saturated carbocycles. The van der Waals surface area contributed by atoms with Crippen molar-refractivity contribution in [3.63, 3.8) is 0 Å². The van der Waals surface area contributed by atoms with Crippen molar-refractivity contribution in [3.8, 4) is 18.2 Å². The molecular formula is C9H4N4. The maximum Gasteiger partial charge on any atom is 0.158 e. The van der Waals surface area contributed by atoms with Crippen molar-refractivity contribution in [1.82, 2.24) is 4.98 Å². The molecule has 0 amide bonds. The quantitative estimate of drug-likeness (QED) is 0.623. The van der Waals surface area contributed by atoms with Crippen molar-refractivity contribution < 1.29 is 0 Å². The lowest BCUT2D eigenvalue weighted by atomic mass is 10.1. The molecule has 0 aromatic carbocycles. The maximum absolute atomic E-state index is 8.62. The molecule has 0 radical (unpaired) electrons. The molecular weight excluding hydrogens is 164 g/mol. The van der Waals surface area contributed by atoms with Gasteiger partial charge in [0.25, 0.3) is 0 Å². The number of pyridine rings is 1. The lowest BCUT2D eigenvalue weighted by Crippen LogP contribution is -1.92. The zero-order chi connectivity index (χ0) is 9.68. The van der Waals surface area contributed by atoms with E-state index in [-0.39, 0.29) is 17.7 Å². The van der Waals surface area contributed by atoms with Gasteiger partial charge in [0.1, 0.15) is 12.1 Å². The van der Waals surface area contributed by atoms with Gasteiger partial charge in [-0.25, -0.2) is 4.98 Å². The summed E-state index contributed by atoms with van der Waals surface area (Å²) in [6, 6.07) is 7.10. The minimum Gasteiger partial charge on any atom is -0.244 e. The smallest absolute Gasteiger partial charge is 0.158 e. The molecule has 0 saturated heterocycles. The average Bonchev–Trinajstić information content (AvgIpc) is 2.18. The molecule has 60 valence electrons. The summed E-state index contributed by atoms with van der Waals surface area (Å²) in [5, 5.41) is 25.5. The predicted molar refractivity (Wildman–Crippen MR) is 43.0 cm³/mol. The second-order valence-corrected chi connectivity index (χ2v) is 2.30. The molecule has 4 nitrogen and oxygen atoms in total. The van der Waals surface area contributed by atoms with Gasteiger partial charge in [0.05, 0.1) is 18.1 Å². The molecule has 1 rings (SSSR count). The van der Waals surface area contributed by atoms with Gasteiger partial charge in [-0.2, -0.15) is 15.8 Å². The van der Waals surface area contributed by atoms with E-state index in [1.54, 1.807) is 6.07 Å². The molecule has 0 aliphatic carbocycles. The minimum atomic E-state index is 0.101. The predicted octanol–water partition coefficient (Wildman–Crippen LogP) is 0.891. The molecule has 0 aliphatic rings. The molecule has 4 heteroatoms. The number of nitrogens with zero attached hydrogens (tertiary/aromatic N) is 4. The Hall–Kier alpha value is -2.38. The van der Waals surface area contributed by atoms with Crippen LogP contribution in [0.1, 0.15) is 16.8 Å². The normalized spacial score (nSPS) is 8.08. The third kappa shape index (κ3) is 1.80. The summed E-state index contributed by atoms with van der Waals surface area (Å²) in [7, 11) is 0. The monoisotopic (exact) mass is 168 g/mol. The Morgan fingerprint density at radius 1 is 1.23 bits per heavy atom. The van der Waals surface area contributed by atoms with Gasteiger partial charge >= 0.3 is 0 Å². The van der Waals surface area contributed by atoms with E-state index in [0.717, 1.165) is 0 Å². The summed E-state index contributed by atoms with van der Waals surface area (Å²) in [6.07, 6.45) is 1.63. The Labute approximate surface area is 75.3 Å². The molecule has 0 bridgehead atoms. The molecule has 0 atom stereocenters. The first-order valence-corrected chi connectivity index (χ1v) is 3.48. The molecule has 0 fully saturated rings. The van der Waals surface area contributed by atoms with Crippen LogP contribution >= 0.6 is 0 Å². The lowest BCUT2D eigenvalue weighted by Gasteiger charge is -1.95. The van der Waals surface area contributed by atoms with Crippen molar-refractivity contribution in [3.05, 3.63) is 29.1 Å². The van der Waals surface area contributed by atoms with E-state index in [9.17, 15) is 0 Å². The molecule has 13 heavy (non-hydrogen) atoms. The number of nitriles is 3. The van der Waals surface area contributed by atoms with Crippen LogP contribution in [0, 0.1) is 34.0 Å². The fraction of sp³-hybridized carbons (Fsp3) is 0.111. The Bertz CT molecular complexity index is 442. The van der Waals surface area contributed by atoms with E-state index in [0.29, 0.717) is 5.56 Å². The minimum absolute atomic E-state index is 0.101.